The first-order valence-electron chi connectivity index (χ1n) is 8.60. The van der Waals surface area contributed by atoms with Gasteiger partial charge in [0.1, 0.15) is 11.5 Å². The van der Waals surface area contributed by atoms with Crippen LogP contribution in [-0.4, -0.2) is 18.1 Å². The summed E-state index contributed by atoms with van der Waals surface area (Å²) >= 11 is 0. The smallest absolute Gasteiger partial charge is 0.265 e. The minimum absolute atomic E-state index is 0.121. The predicted octanol–water partition coefficient (Wildman–Crippen LogP) is 3.95. The second kappa shape index (κ2) is 6.56. The molecule has 2 aromatic rings. The summed E-state index contributed by atoms with van der Waals surface area (Å²) < 4.78 is 11.7. The fourth-order valence-electron chi connectivity index (χ4n) is 3.40. The lowest BCUT2D eigenvalue weighted by Crippen LogP contribution is -2.31. The van der Waals surface area contributed by atoms with Gasteiger partial charge in [0.05, 0.1) is 6.10 Å². The summed E-state index contributed by atoms with van der Waals surface area (Å²) in [6, 6.07) is 15.4. The van der Waals surface area contributed by atoms with E-state index in [2.05, 4.69) is 5.32 Å². The monoisotopic (exact) mass is 323 g/mol. The molecule has 1 amide bonds. The summed E-state index contributed by atoms with van der Waals surface area (Å²) in [6.45, 7) is 0. The van der Waals surface area contributed by atoms with Gasteiger partial charge in [-0.15, -0.1) is 0 Å². The van der Waals surface area contributed by atoms with Crippen LogP contribution in [0.5, 0.6) is 11.5 Å². The van der Waals surface area contributed by atoms with Crippen molar-refractivity contribution < 1.29 is 14.3 Å². The van der Waals surface area contributed by atoms with Crippen molar-refractivity contribution in [1.29, 1.82) is 0 Å². The Bertz CT molecular complexity index is 712. The number of ether oxygens (including phenoxy) is 2. The summed E-state index contributed by atoms with van der Waals surface area (Å²) in [5.74, 6) is 1.50. The van der Waals surface area contributed by atoms with Gasteiger partial charge in [0.2, 0.25) is 0 Å². The van der Waals surface area contributed by atoms with Crippen LogP contribution in [0.2, 0.25) is 0 Å². The Labute approximate surface area is 141 Å². The Morgan fingerprint density at radius 2 is 1.92 bits per heavy atom. The molecule has 1 aliphatic heterocycles. The first-order valence-corrected chi connectivity index (χ1v) is 8.60. The molecule has 4 nitrogen and oxygen atoms in total. The van der Waals surface area contributed by atoms with Gasteiger partial charge < -0.3 is 14.8 Å². The Kier molecular flexibility index (Phi) is 4.11. The average molecular weight is 323 g/mol. The summed E-state index contributed by atoms with van der Waals surface area (Å²) in [6.07, 6.45) is 5.15. The van der Waals surface area contributed by atoms with E-state index in [1.165, 1.54) is 12.8 Å². The van der Waals surface area contributed by atoms with Gasteiger partial charge in [-0.2, -0.15) is 0 Å². The second-order valence-corrected chi connectivity index (χ2v) is 6.46. The van der Waals surface area contributed by atoms with Crippen LogP contribution in [0.1, 0.15) is 31.2 Å². The van der Waals surface area contributed by atoms with Gasteiger partial charge in [-0.05, 0) is 49.4 Å². The van der Waals surface area contributed by atoms with Gasteiger partial charge in [-0.25, -0.2) is 0 Å². The van der Waals surface area contributed by atoms with Gasteiger partial charge >= 0.3 is 0 Å². The molecule has 124 valence electrons. The van der Waals surface area contributed by atoms with Crippen LogP contribution in [0.3, 0.4) is 0 Å². The van der Waals surface area contributed by atoms with E-state index < -0.39 is 6.10 Å². The van der Waals surface area contributed by atoms with Gasteiger partial charge in [0.25, 0.3) is 5.91 Å². The zero-order valence-corrected chi connectivity index (χ0v) is 13.5. The minimum atomic E-state index is -0.471. The van der Waals surface area contributed by atoms with Crippen LogP contribution in [0.4, 0.5) is 5.69 Å². The molecule has 1 aliphatic carbocycles. The summed E-state index contributed by atoms with van der Waals surface area (Å²) in [5, 5.41) is 2.94. The van der Waals surface area contributed by atoms with Crippen LogP contribution in [0.25, 0.3) is 0 Å². The lowest BCUT2D eigenvalue weighted by molar-refractivity contribution is -0.122. The molecule has 1 saturated carbocycles. The van der Waals surface area contributed by atoms with E-state index in [9.17, 15) is 4.79 Å². The molecule has 0 bridgehead atoms. The molecule has 0 radical (unpaired) electrons. The summed E-state index contributed by atoms with van der Waals surface area (Å²) in [7, 11) is 0. The number of para-hydroxylation sites is 1. The molecule has 1 atom stereocenters. The van der Waals surface area contributed by atoms with Crippen molar-refractivity contribution in [2.24, 2.45) is 0 Å². The van der Waals surface area contributed by atoms with E-state index in [1.54, 1.807) is 0 Å². The quantitative estimate of drug-likeness (QED) is 0.927. The summed E-state index contributed by atoms with van der Waals surface area (Å²) in [5.41, 5.74) is 1.83. The molecule has 4 rings (SSSR count). The molecule has 1 unspecified atom stereocenters. The highest BCUT2D eigenvalue weighted by Gasteiger charge is 2.28. The third kappa shape index (κ3) is 3.23. The van der Waals surface area contributed by atoms with E-state index in [0.717, 1.165) is 35.6 Å². The second-order valence-electron chi connectivity index (χ2n) is 6.46. The van der Waals surface area contributed by atoms with Crippen LogP contribution >= 0.6 is 0 Å². The third-order valence-corrected chi connectivity index (χ3v) is 4.65. The number of nitrogens with one attached hydrogen (secondary N) is 1. The van der Waals surface area contributed by atoms with E-state index >= 15 is 0 Å². The molecule has 1 N–H and O–H groups in total. The van der Waals surface area contributed by atoms with Crippen LogP contribution < -0.4 is 14.8 Å². The zero-order chi connectivity index (χ0) is 16.4. The highest BCUT2D eigenvalue weighted by atomic mass is 16.5. The maximum Gasteiger partial charge on any atom is 0.265 e. The fraction of sp³-hybridized carbons (Fsp3) is 0.350. The van der Waals surface area contributed by atoms with Crippen LogP contribution in [0.15, 0.2) is 48.5 Å². The third-order valence-electron chi connectivity index (χ3n) is 4.65. The number of rotatable bonds is 4. The maximum absolute atomic E-state index is 12.5. The van der Waals surface area contributed by atoms with Crippen molar-refractivity contribution in [3.05, 3.63) is 54.1 Å². The largest absolute Gasteiger partial charge is 0.490 e. The number of hydrogen-bond donors (Lipinski definition) is 1. The Hall–Kier alpha value is -2.49. The molecule has 1 fully saturated rings. The standard InChI is InChI=1S/C20H21NO3/c22-20(19-12-14-6-1-4-11-18(14)24-19)21-15-7-5-10-17(13-15)23-16-8-2-3-9-16/h1,4-7,10-11,13,16,19H,2-3,8-9,12H2,(H,21,22). The number of amides is 1. The van der Waals surface area contributed by atoms with Gasteiger partial charge in [-0.1, -0.05) is 24.3 Å². The lowest BCUT2D eigenvalue weighted by atomic mass is 10.1. The molecule has 2 aliphatic rings. The summed E-state index contributed by atoms with van der Waals surface area (Å²) in [4.78, 5) is 12.5. The highest BCUT2D eigenvalue weighted by molar-refractivity contribution is 5.95. The molecular formula is C20H21NO3. The molecule has 0 aromatic heterocycles. The highest BCUT2D eigenvalue weighted by Crippen LogP contribution is 2.29. The van der Waals surface area contributed by atoms with Gasteiger partial charge in [-0.3, -0.25) is 4.79 Å². The molecular weight excluding hydrogens is 302 g/mol. The fourth-order valence-corrected chi connectivity index (χ4v) is 3.40. The van der Waals surface area contributed by atoms with Crippen molar-refractivity contribution in [3.8, 4) is 11.5 Å². The van der Waals surface area contributed by atoms with E-state index in [4.69, 9.17) is 9.47 Å². The van der Waals surface area contributed by atoms with Crippen LogP contribution in [0, 0.1) is 0 Å². The van der Waals surface area contributed by atoms with Crippen molar-refractivity contribution in [2.75, 3.05) is 5.32 Å². The SMILES string of the molecule is O=C(Nc1cccc(OC2CCCC2)c1)C1Cc2ccccc2O1. The predicted molar refractivity (Wildman–Crippen MR) is 92.5 cm³/mol. The van der Waals surface area contributed by atoms with E-state index in [0.29, 0.717) is 12.5 Å². The van der Waals surface area contributed by atoms with E-state index in [1.807, 2.05) is 48.5 Å². The lowest BCUT2D eigenvalue weighted by Gasteiger charge is -2.15. The van der Waals surface area contributed by atoms with Gasteiger partial charge in [0, 0.05) is 18.2 Å². The van der Waals surface area contributed by atoms with E-state index in [-0.39, 0.29) is 5.91 Å². The molecule has 4 heteroatoms. The minimum Gasteiger partial charge on any atom is -0.490 e. The molecule has 0 saturated heterocycles. The average Bonchev–Trinajstić information content (AvgIpc) is 3.24. The molecule has 2 aromatic carbocycles. The Morgan fingerprint density at radius 3 is 2.75 bits per heavy atom. The maximum atomic E-state index is 12.5. The molecule has 1 heterocycles. The first-order chi connectivity index (χ1) is 11.8. The number of fused-ring (bicyclic) bond motifs is 1. The number of hydrogen-bond acceptors (Lipinski definition) is 3. The number of anilines is 1. The Balaban J connectivity index is 1.39. The number of benzene rings is 2. The number of carbonyl (C=O) groups is 1. The topological polar surface area (TPSA) is 47.6 Å². The Morgan fingerprint density at radius 1 is 1.08 bits per heavy atom. The number of carbonyl (C=O) groups excluding carboxylic acids is 1. The van der Waals surface area contributed by atoms with Crippen molar-refractivity contribution in [3.63, 3.8) is 0 Å². The first kappa shape index (κ1) is 15.1. The van der Waals surface area contributed by atoms with Crippen LogP contribution in [-0.2, 0) is 11.2 Å². The van der Waals surface area contributed by atoms with Crippen molar-refractivity contribution >= 4 is 11.6 Å². The molecule has 24 heavy (non-hydrogen) atoms. The van der Waals surface area contributed by atoms with Gasteiger partial charge in [0.15, 0.2) is 6.10 Å². The zero-order valence-electron chi connectivity index (χ0n) is 13.5. The normalized spacial score (nSPS) is 19.6. The van der Waals surface area contributed by atoms with Crippen molar-refractivity contribution in [1.82, 2.24) is 0 Å². The van der Waals surface area contributed by atoms with Crippen molar-refractivity contribution in [2.45, 2.75) is 44.3 Å². The molecule has 0 spiro atoms.